The fraction of sp³-hybridized carbons (Fsp3) is 0.300. The lowest BCUT2D eigenvalue weighted by molar-refractivity contribution is 0.0930. The van der Waals surface area contributed by atoms with Crippen LogP contribution in [0, 0.1) is 0 Å². The van der Waals surface area contributed by atoms with Crippen LogP contribution in [-0.4, -0.2) is 44.2 Å². The van der Waals surface area contributed by atoms with Crippen LogP contribution in [0.2, 0.25) is 0 Å². The molecule has 2 aromatic carbocycles. The summed E-state index contributed by atoms with van der Waals surface area (Å²) in [4.78, 5) is 20.2. The summed E-state index contributed by atoms with van der Waals surface area (Å²) >= 11 is 0. The van der Waals surface area contributed by atoms with E-state index < -0.39 is 10.1 Å². The fourth-order valence-electron chi connectivity index (χ4n) is 3.52. The number of ether oxygens (including phenoxy) is 1. The molecule has 3 aromatic rings. The summed E-state index contributed by atoms with van der Waals surface area (Å²) in [6.07, 6.45) is 0.978. The van der Waals surface area contributed by atoms with Gasteiger partial charge in [-0.05, 0) is 29.8 Å². The molecule has 0 fully saturated rings. The standard InChI is InChI=1S/C20H21N3O5S/c1-20(2)10-21-19(24)13-8-15-16(9-14(13)20)23-18(22-15)12-6-5-11(7-17(12)27-3)28-29(4,25)26/h5-9H,10H2,1-4H3,(H,21,24)(H,22,23). The Morgan fingerprint density at radius 3 is 2.59 bits per heavy atom. The number of carbonyl (C=O) groups excluding carboxylic acids is 1. The molecule has 4 rings (SSSR count). The summed E-state index contributed by atoms with van der Waals surface area (Å²) in [6.45, 7) is 4.73. The zero-order valence-electron chi connectivity index (χ0n) is 16.5. The second-order valence-corrected chi connectivity index (χ2v) is 9.29. The van der Waals surface area contributed by atoms with E-state index in [9.17, 15) is 13.2 Å². The molecule has 1 aliphatic rings. The molecule has 1 aromatic heterocycles. The van der Waals surface area contributed by atoms with Gasteiger partial charge in [0.25, 0.3) is 5.91 Å². The largest absolute Gasteiger partial charge is 0.496 e. The molecular formula is C20H21N3O5S. The van der Waals surface area contributed by atoms with E-state index in [1.54, 1.807) is 12.1 Å². The summed E-state index contributed by atoms with van der Waals surface area (Å²) in [6, 6.07) is 8.45. The Morgan fingerprint density at radius 1 is 1.14 bits per heavy atom. The van der Waals surface area contributed by atoms with Crippen molar-refractivity contribution in [3.63, 3.8) is 0 Å². The lowest BCUT2D eigenvalue weighted by Crippen LogP contribution is -2.43. The molecule has 1 aliphatic heterocycles. The molecule has 2 heterocycles. The summed E-state index contributed by atoms with van der Waals surface area (Å²) in [5, 5.41) is 2.91. The van der Waals surface area contributed by atoms with Gasteiger partial charge in [-0.15, -0.1) is 0 Å². The second kappa shape index (κ2) is 6.48. The van der Waals surface area contributed by atoms with Gasteiger partial charge >= 0.3 is 10.1 Å². The van der Waals surface area contributed by atoms with E-state index in [1.807, 2.05) is 6.07 Å². The van der Waals surface area contributed by atoms with Crippen LogP contribution >= 0.6 is 0 Å². The zero-order chi connectivity index (χ0) is 21.0. The van der Waals surface area contributed by atoms with E-state index in [1.165, 1.54) is 19.2 Å². The van der Waals surface area contributed by atoms with Crippen LogP contribution in [0.25, 0.3) is 22.4 Å². The Kier molecular flexibility index (Phi) is 4.30. The summed E-state index contributed by atoms with van der Waals surface area (Å²) in [5.41, 5.74) is 3.50. The fourth-order valence-corrected chi connectivity index (χ4v) is 3.97. The van der Waals surface area contributed by atoms with Crippen molar-refractivity contribution >= 4 is 27.1 Å². The minimum absolute atomic E-state index is 0.106. The van der Waals surface area contributed by atoms with Crippen LogP contribution in [-0.2, 0) is 15.5 Å². The molecular weight excluding hydrogens is 394 g/mol. The molecule has 152 valence electrons. The van der Waals surface area contributed by atoms with Crippen molar-refractivity contribution in [3.8, 4) is 22.9 Å². The Balaban J connectivity index is 1.82. The molecule has 1 amide bonds. The van der Waals surface area contributed by atoms with Crippen LogP contribution in [0.1, 0.15) is 29.8 Å². The van der Waals surface area contributed by atoms with E-state index in [2.05, 4.69) is 29.1 Å². The number of nitrogens with one attached hydrogen (secondary N) is 2. The molecule has 0 atom stereocenters. The Morgan fingerprint density at radius 2 is 1.90 bits per heavy atom. The highest BCUT2D eigenvalue weighted by Crippen LogP contribution is 2.36. The van der Waals surface area contributed by atoms with Crippen molar-refractivity contribution < 1.29 is 22.1 Å². The lowest BCUT2D eigenvalue weighted by atomic mass is 9.79. The third-order valence-corrected chi connectivity index (χ3v) is 5.46. The predicted octanol–water partition coefficient (Wildman–Crippen LogP) is 2.60. The summed E-state index contributed by atoms with van der Waals surface area (Å²) in [5.74, 6) is 1.00. The van der Waals surface area contributed by atoms with E-state index in [-0.39, 0.29) is 17.1 Å². The predicted molar refractivity (Wildman–Crippen MR) is 109 cm³/mol. The van der Waals surface area contributed by atoms with Gasteiger partial charge in [0.05, 0.1) is 30.0 Å². The normalized spacial score (nSPS) is 15.7. The van der Waals surface area contributed by atoms with E-state index >= 15 is 0 Å². The second-order valence-electron chi connectivity index (χ2n) is 7.72. The number of benzene rings is 2. The highest BCUT2D eigenvalue weighted by molar-refractivity contribution is 7.86. The van der Waals surface area contributed by atoms with Crippen molar-refractivity contribution in [3.05, 3.63) is 41.5 Å². The number of fused-ring (bicyclic) bond motifs is 2. The first-order valence-electron chi connectivity index (χ1n) is 8.98. The maximum Gasteiger partial charge on any atom is 0.306 e. The zero-order valence-corrected chi connectivity index (χ0v) is 17.3. The van der Waals surface area contributed by atoms with Crippen molar-refractivity contribution in [1.82, 2.24) is 15.3 Å². The minimum atomic E-state index is -3.64. The van der Waals surface area contributed by atoms with Gasteiger partial charge in [0.15, 0.2) is 0 Å². The van der Waals surface area contributed by atoms with E-state index in [0.717, 1.165) is 17.3 Å². The average Bonchev–Trinajstić information content (AvgIpc) is 3.05. The van der Waals surface area contributed by atoms with Crippen LogP contribution in [0.3, 0.4) is 0 Å². The quantitative estimate of drug-likeness (QED) is 0.634. The van der Waals surface area contributed by atoms with Gasteiger partial charge in [-0.2, -0.15) is 8.42 Å². The molecule has 8 nitrogen and oxygen atoms in total. The smallest absolute Gasteiger partial charge is 0.306 e. The number of hydrogen-bond donors (Lipinski definition) is 2. The lowest BCUT2D eigenvalue weighted by Gasteiger charge is -2.32. The van der Waals surface area contributed by atoms with Gasteiger partial charge in [-0.25, -0.2) is 4.98 Å². The molecule has 0 bridgehead atoms. The average molecular weight is 415 g/mol. The van der Waals surface area contributed by atoms with Crippen molar-refractivity contribution in [2.45, 2.75) is 19.3 Å². The van der Waals surface area contributed by atoms with E-state index in [4.69, 9.17) is 8.92 Å². The van der Waals surface area contributed by atoms with Gasteiger partial charge < -0.3 is 19.2 Å². The summed E-state index contributed by atoms with van der Waals surface area (Å²) < 4.78 is 33.0. The molecule has 2 N–H and O–H groups in total. The van der Waals surface area contributed by atoms with Gasteiger partial charge in [0.1, 0.15) is 17.3 Å². The number of carbonyl (C=O) groups is 1. The highest BCUT2D eigenvalue weighted by Gasteiger charge is 2.32. The van der Waals surface area contributed by atoms with Crippen LogP contribution < -0.4 is 14.2 Å². The molecule has 0 saturated carbocycles. The number of aromatic amines is 1. The number of amides is 1. The van der Waals surface area contributed by atoms with Gasteiger partial charge in [0.2, 0.25) is 0 Å². The Hall–Kier alpha value is -3.07. The molecule has 0 radical (unpaired) electrons. The SMILES string of the molecule is COc1cc(OS(C)(=O)=O)ccc1-c1nc2cc3c(cc2[nH]1)C(C)(C)CNC3=O. The monoisotopic (exact) mass is 415 g/mol. The molecule has 0 unspecified atom stereocenters. The first-order valence-corrected chi connectivity index (χ1v) is 10.8. The Labute approximate surface area is 168 Å². The topological polar surface area (TPSA) is 110 Å². The number of imidazole rings is 1. The minimum Gasteiger partial charge on any atom is -0.496 e. The maximum absolute atomic E-state index is 12.3. The third-order valence-electron chi connectivity index (χ3n) is 4.96. The number of H-pyrrole nitrogens is 1. The van der Waals surface area contributed by atoms with Gasteiger partial charge in [-0.3, -0.25) is 4.79 Å². The molecule has 29 heavy (non-hydrogen) atoms. The van der Waals surface area contributed by atoms with Crippen LogP contribution in [0.4, 0.5) is 0 Å². The van der Waals surface area contributed by atoms with Crippen molar-refractivity contribution in [2.24, 2.45) is 0 Å². The third kappa shape index (κ3) is 3.53. The summed E-state index contributed by atoms with van der Waals surface area (Å²) in [7, 11) is -2.16. The number of nitrogens with zero attached hydrogens (tertiary/aromatic N) is 1. The number of rotatable bonds is 4. The molecule has 0 aliphatic carbocycles. The number of hydrogen-bond acceptors (Lipinski definition) is 6. The maximum atomic E-state index is 12.3. The van der Waals surface area contributed by atoms with Crippen molar-refractivity contribution in [2.75, 3.05) is 19.9 Å². The first kappa shape index (κ1) is 19.3. The molecule has 9 heteroatoms. The van der Waals surface area contributed by atoms with Crippen LogP contribution in [0.5, 0.6) is 11.5 Å². The van der Waals surface area contributed by atoms with Crippen LogP contribution in [0.15, 0.2) is 30.3 Å². The Bertz CT molecular complexity index is 1240. The highest BCUT2D eigenvalue weighted by atomic mass is 32.2. The number of aromatic nitrogens is 2. The van der Waals surface area contributed by atoms with E-state index in [0.29, 0.717) is 34.8 Å². The van der Waals surface area contributed by atoms with Crippen molar-refractivity contribution in [1.29, 1.82) is 0 Å². The number of methoxy groups -OCH3 is 1. The first-order chi connectivity index (χ1) is 13.6. The molecule has 0 spiro atoms. The van der Waals surface area contributed by atoms with Gasteiger partial charge in [-0.1, -0.05) is 13.8 Å². The molecule has 0 saturated heterocycles. The van der Waals surface area contributed by atoms with Gasteiger partial charge in [0, 0.05) is 23.6 Å².